The number of halogens is 4. The summed E-state index contributed by atoms with van der Waals surface area (Å²) in [5.74, 6) is -0.643. The van der Waals surface area contributed by atoms with E-state index >= 15 is 0 Å². The number of amidine groups is 1. The molecule has 0 heterocycles. The lowest BCUT2D eigenvalue weighted by Gasteiger charge is -2.26. The number of carbonyl (C=O) groups is 1. The quantitative estimate of drug-likeness (QED) is 0.336. The molecule has 0 saturated carbocycles. The number of rotatable bonds is 4. The van der Waals surface area contributed by atoms with Gasteiger partial charge in [0.25, 0.3) is 5.91 Å². The van der Waals surface area contributed by atoms with Crippen molar-refractivity contribution < 1.29 is 18.0 Å². The summed E-state index contributed by atoms with van der Waals surface area (Å²) >= 11 is 5.99. The monoisotopic (exact) mass is 437 g/mol. The minimum atomic E-state index is -4.76. The van der Waals surface area contributed by atoms with Crippen molar-refractivity contribution in [3.63, 3.8) is 0 Å². The van der Waals surface area contributed by atoms with E-state index in [9.17, 15) is 18.0 Å². The number of hydrazine groups is 1. The molecule has 0 aliphatic carbocycles. The largest absolute Gasteiger partial charge is 0.417 e. The molecule has 0 unspecified atom stereocenters. The van der Waals surface area contributed by atoms with Gasteiger partial charge in [-0.25, -0.2) is 10.4 Å². The summed E-state index contributed by atoms with van der Waals surface area (Å²) in [4.78, 5) is 18.5. The fourth-order valence-corrected chi connectivity index (χ4v) is 3.14. The van der Waals surface area contributed by atoms with Crippen molar-refractivity contribution in [3.05, 3.63) is 63.7 Å². The molecule has 0 atom stereocenters. The van der Waals surface area contributed by atoms with E-state index in [1.54, 1.807) is 50.3 Å². The van der Waals surface area contributed by atoms with Gasteiger partial charge in [0.15, 0.2) is 0 Å². The first kappa shape index (κ1) is 23.2. The minimum absolute atomic E-state index is 0.292. The van der Waals surface area contributed by atoms with Crippen LogP contribution in [0.15, 0.2) is 41.4 Å². The van der Waals surface area contributed by atoms with E-state index in [1.165, 1.54) is 13.1 Å². The molecule has 2 aromatic rings. The van der Waals surface area contributed by atoms with Crippen LogP contribution in [0.1, 0.15) is 27.0 Å². The van der Waals surface area contributed by atoms with Crippen LogP contribution in [0.25, 0.3) is 0 Å². The van der Waals surface area contributed by atoms with Crippen LogP contribution in [0.2, 0.25) is 5.02 Å². The molecule has 0 bridgehead atoms. The summed E-state index contributed by atoms with van der Waals surface area (Å²) in [7, 11) is 4.79. The second kappa shape index (κ2) is 9.15. The van der Waals surface area contributed by atoms with Crippen molar-refractivity contribution in [2.45, 2.75) is 13.1 Å². The molecule has 0 radical (unpaired) electrons. The maximum atomic E-state index is 13.5. The third kappa shape index (κ3) is 4.72. The molecule has 2 aromatic carbocycles. The zero-order valence-electron chi connectivity index (χ0n) is 16.7. The minimum Gasteiger partial charge on any atom is -0.362 e. The van der Waals surface area contributed by atoms with Gasteiger partial charge in [0.1, 0.15) is 5.84 Å². The second-order valence-corrected chi connectivity index (χ2v) is 6.86. The molecule has 0 aromatic heterocycles. The number of amides is 1. The number of nitriles is 1. The van der Waals surface area contributed by atoms with Crippen LogP contribution in [0.5, 0.6) is 0 Å². The smallest absolute Gasteiger partial charge is 0.362 e. The standard InChI is InChI=1S/C20H19ClF3N5O/c1-12-8-9-13(18(27-11-25)28(3)4)10-16(12)29(26-2)19(30)17-14(20(22,23)24)6-5-7-15(17)21/h5-10,26H,1-4H3. The molecule has 158 valence electrons. The topological polar surface area (TPSA) is 71.7 Å². The first-order chi connectivity index (χ1) is 14.0. The first-order valence-electron chi connectivity index (χ1n) is 8.65. The number of aryl methyl sites for hydroxylation is 1. The van der Waals surface area contributed by atoms with Gasteiger partial charge < -0.3 is 4.90 Å². The van der Waals surface area contributed by atoms with Crippen molar-refractivity contribution in [2.24, 2.45) is 4.99 Å². The van der Waals surface area contributed by atoms with Crippen LogP contribution >= 0.6 is 11.6 Å². The van der Waals surface area contributed by atoms with E-state index in [2.05, 4.69) is 10.4 Å². The number of anilines is 1. The van der Waals surface area contributed by atoms with Gasteiger partial charge >= 0.3 is 6.18 Å². The highest BCUT2D eigenvalue weighted by Gasteiger charge is 2.38. The van der Waals surface area contributed by atoms with Crippen LogP contribution in [-0.2, 0) is 6.18 Å². The maximum absolute atomic E-state index is 13.5. The Morgan fingerprint density at radius 3 is 2.43 bits per heavy atom. The van der Waals surface area contributed by atoms with E-state index in [-0.39, 0.29) is 5.02 Å². The highest BCUT2D eigenvalue weighted by molar-refractivity contribution is 6.34. The number of hydrogen-bond donors (Lipinski definition) is 1. The number of hydrogen-bond acceptors (Lipinski definition) is 4. The van der Waals surface area contributed by atoms with Gasteiger partial charge in [-0.2, -0.15) is 23.4 Å². The Morgan fingerprint density at radius 1 is 1.23 bits per heavy atom. The van der Waals surface area contributed by atoms with E-state index in [4.69, 9.17) is 16.9 Å². The Morgan fingerprint density at radius 2 is 1.90 bits per heavy atom. The van der Waals surface area contributed by atoms with Crippen molar-refractivity contribution in [2.75, 3.05) is 26.2 Å². The van der Waals surface area contributed by atoms with Crippen molar-refractivity contribution in [1.29, 1.82) is 5.26 Å². The normalized spacial score (nSPS) is 11.8. The molecular formula is C20H19ClF3N5O. The fourth-order valence-electron chi connectivity index (χ4n) is 2.88. The van der Waals surface area contributed by atoms with Gasteiger partial charge in [-0.3, -0.25) is 4.79 Å². The third-order valence-electron chi connectivity index (χ3n) is 4.25. The summed E-state index contributed by atoms with van der Waals surface area (Å²) in [6.45, 7) is 1.70. The number of alkyl halides is 3. The second-order valence-electron chi connectivity index (χ2n) is 6.46. The molecule has 10 heteroatoms. The molecule has 0 aliphatic rings. The molecule has 0 fully saturated rings. The molecule has 0 saturated heterocycles. The van der Waals surface area contributed by atoms with Crippen LogP contribution in [0.3, 0.4) is 0 Å². The van der Waals surface area contributed by atoms with Gasteiger partial charge in [0.05, 0.1) is 21.8 Å². The molecule has 1 N–H and O–H groups in total. The van der Waals surface area contributed by atoms with E-state index in [1.807, 2.05) is 0 Å². The molecular weight excluding hydrogens is 419 g/mol. The van der Waals surface area contributed by atoms with Gasteiger partial charge in [0, 0.05) is 26.7 Å². The number of nitrogens with one attached hydrogen (secondary N) is 1. The molecule has 6 nitrogen and oxygen atoms in total. The fraction of sp³-hybridized carbons (Fsp3) is 0.250. The predicted octanol–water partition coefficient (Wildman–Crippen LogP) is 4.24. The van der Waals surface area contributed by atoms with Crippen molar-refractivity contribution in [3.8, 4) is 6.19 Å². The highest BCUT2D eigenvalue weighted by Crippen LogP contribution is 2.36. The Labute approximate surface area is 177 Å². The summed E-state index contributed by atoms with van der Waals surface area (Å²) in [6.07, 6.45) is -3.05. The van der Waals surface area contributed by atoms with Gasteiger partial charge in [-0.1, -0.05) is 29.8 Å². The predicted molar refractivity (Wildman–Crippen MR) is 109 cm³/mol. The van der Waals surface area contributed by atoms with Gasteiger partial charge in [0.2, 0.25) is 6.19 Å². The van der Waals surface area contributed by atoms with Crippen LogP contribution in [-0.4, -0.2) is 37.8 Å². The first-order valence-corrected chi connectivity index (χ1v) is 9.03. The highest BCUT2D eigenvalue weighted by atomic mass is 35.5. The van der Waals surface area contributed by atoms with Gasteiger partial charge in [-0.15, -0.1) is 0 Å². The van der Waals surface area contributed by atoms with E-state index in [0.29, 0.717) is 22.6 Å². The van der Waals surface area contributed by atoms with Crippen LogP contribution in [0, 0.1) is 18.4 Å². The lowest BCUT2D eigenvalue weighted by Crippen LogP contribution is -2.42. The summed E-state index contributed by atoms with van der Waals surface area (Å²) < 4.78 is 40.4. The van der Waals surface area contributed by atoms with Crippen LogP contribution in [0.4, 0.5) is 18.9 Å². The lowest BCUT2D eigenvalue weighted by molar-refractivity contribution is -0.137. The molecule has 0 spiro atoms. The summed E-state index contributed by atoms with van der Waals surface area (Å²) in [5, 5.41) is 9.60. The Kier molecular flexibility index (Phi) is 7.08. The SMILES string of the molecule is CNN(C(=O)c1c(Cl)cccc1C(F)(F)F)c1cc(C(=NC#N)N(C)C)ccc1C. The number of aliphatic imine (C=N–C) groups is 1. The maximum Gasteiger partial charge on any atom is 0.417 e. The van der Waals surface area contributed by atoms with Crippen LogP contribution < -0.4 is 10.4 Å². The average molecular weight is 438 g/mol. The van der Waals surface area contributed by atoms with Crippen molar-refractivity contribution in [1.82, 2.24) is 10.3 Å². The molecule has 30 heavy (non-hydrogen) atoms. The zero-order valence-corrected chi connectivity index (χ0v) is 17.4. The number of carbonyl (C=O) groups excluding carboxylic acids is 1. The Balaban J connectivity index is 2.65. The van der Waals surface area contributed by atoms with E-state index in [0.717, 1.165) is 17.1 Å². The molecule has 0 aliphatic heterocycles. The third-order valence-corrected chi connectivity index (χ3v) is 4.56. The number of nitrogens with zero attached hydrogens (tertiary/aromatic N) is 4. The molecule has 2 rings (SSSR count). The average Bonchev–Trinajstić information content (AvgIpc) is 2.67. The van der Waals surface area contributed by atoms with E-state index < -0.39 is 23.2 Å². The molecule has 1 amide bonds. The van der Waals surface area contributed by atoms with Gasteiger partial charge in [-0.05, 0) is 30.7 Å². The summed E-state index contributed by atoms with van der Waals surface area (Å²) in [5.41, 5.74) is 2.24. The summed E-state index contributed by atoms with van der Waals surface area (Å²) in [6, 6.07) is 8.11. The number of benzene rings is 2. The zero-order chi connectivity index (χ0) is 22.6. The lowest BCUT2D eigenvalue weighted by atomic mass is 10.0. The Hall–Kier alpha value is -3.09. The van der Waals surface area contributed by atoms with Crippen molar-refractivity contribution >= 4 is 29.0 Å². The Bertz CT molecular complexity index is 1030.